The molecule has 4 heteroatoms. The summed E-state index contributed by atoms with van der Waals surface area (Å²) in [6.07, 6.45) is 2.80. The SMILES string of the molecule is O=C(O)C1CCCC1CNCc1cccc(O)c1. The van der Waals surface area contributed by atoms with E-state index >= 15 is 0 Å². The first kappa shape index (κ1) is 12.9. The van der Waals surface area contributed by atoms with Crippen molar-refractivity contribution in [3.05, 3.63) is 29.8 Å². The van der Waals surface area contributed by atoms with E-state index in [1.807, 2.05) is 12.1 Å². The van der Waals surface area contributed by atoms with Gasteiger partial charge in [0, 0.05) is 6.54 Å². The van der Waals surface area contributed by atoms with E-state index in [0.29, 0.717) is 6.54 Å². The van der Waals surface area contributed by atoms with Crippen LogP contribution in [0, 0.1) is 11.8 Å². The van der Waals surface area contributed by atoms with Gasteiger partial charge in [0.1, 0.15) is 5.75 Å². The zero-order chi connectivity index (χ0) is 13.0. The molecule has 0 amide bonds. The van der Waals surface area contributed by atoms with Gasteiger partial charge >= 0.3 is 5.97 Å². The van der Waals surface area contributed by atoms with Crippen molar-refractivity contribution in [1.82, 2.24) is 5.32 Å². The van der Waals surface area contributed by atoms with E-state index in [9.17, 15) is 9.90 Å². The summed E-state index contributed by atoms with van der Waals surface area (Å²) in [5.41, 5.74) is 1.01. The standard InChI is InChI=1S/C14H19NO3/c16-12-5-1-3-10(7-12)8-15-9-11-4-2-6-13(11)14(17)18/h1,3,5,7,11,13,15-16H,2,4,6,8-9H2,(H,17,18). The normalized spacial score (nSPS) is 23.1. The molecular formula is C14H19NO3. The molecule has 1 aromatic carbocycles. The van der Waals surface area contributed by atoms with Crippen LogP contribution in [0.2, 0.25) is 0 Å². The van der Waals surface area contributed by atoms with E-state index in [4.69, 9.17) is 5.11 Å². The Bertz CT molecular complexity index is 419. The number of rotatable bonds is 5. The summed E-state index contributed by atoms with van der Waals surface area (Å²) in [5.74, 6) is -0.364. The number of phenolic OH excluding ortho intramolecular Hbond substituents is 1. The highest BCUT2D eigenvalue weighted by Crippen LogP contribution is 2.31. The van der Waals surface area contributed by atoms with Crippen LogP contribution in [0.15, 0.2) is 24.3 Å². The van der Waals surface area contributed by atoms with Crippen molar-refractivity contribution in [2.75, 3.05) is 6.54 Å². The van der Waals surface area contributed by atoms with Gasteiger partial charge in [0.15, 0.2) is 0 Å². The number of aliphatic carboxylic acids is 1. The number of phenols is 1. The van der Waals surface area contributed by atoms with Gasteiger partial charge in [-0.05, 0) is 43.0 Å². The van der Waals surface area contributed by atoms with Crippen LogP contribution in [0.4, 0.5) is 0 Å². The molecule has 4 nitrogen and oxygen atoms in total. The highest BCUT2D eigenvalue weighted by atomic mass is 16.4. The molecule has 2 unspecified atom stereocenters. The molecule has 1 aliphatic carbocycles. The summed E-state index contributed by atoms with van der Waals surface area (Å²) in [6, 6.07) is 7.11. The second-order valence-corrected chi connectivity index (χ2v) is 4.94. The fraction of sp³-hybridized carbons (Fsp3) is 0.500. The maximum atomic E-state index is 11.0. The minimum atomic E-state index is -0.670. The summed E-state index contributed by atoms with van der Waals surface area (Å²) < 4.78 is 0. The lowest BCUT2D eigenvalue weighted by atomic mass is 9.96. The smallest absolute Gasteiger partial charge is 0.306 e. The molecule has 2 rings (SSSR count). The number of benzene rings is 1. The third-order valence-electron chi connectivity index (χ3n) is 3.62. The predicted octanol–water partition coefficient (Wildman–Crippen LogP) is 1.98. The number of aromatic hydroxyl groups is 1. The average Bonchev–Trinajstić information content (AvgIpc) is 2.77. The second kappa shape index (κ2) is 5.87. The van der Waals surface area contributed by atoms with Crippen molar-refractivity contribution in [3.8, 4) is 5.75 Å². The van der Waals surface area contributed by atoms with Crippen molar-refractivity contribution in [1.29, 1.82) is 0 Å². The molecule has 0 aromatic heterocycles. The highest BCUT2D eigenvalue weighted by Gasteiger charge is 2.32. The summed E-state index contributed by atoms with van der Waals surface area (Å²) in [4.78, 5) is 11.0. The molecule has 0 heterocycles. The molecule has 0 spiro atoms. The van der Waals surface area contributed by atoms with Crippen molar-refractivity contribution >= 4 is 5.97 Å². The van der Waals surface area contributed by atoms with E-state index in [1.54, 1.807) is 12.1 Å². The average molecular weight is 249 g/mol. The third-order valence-corrected chi connectivity index (χ3v) is 3.62. The second-order valence-electron chi connectivity index (χ2n) is 4.94. The van der Waals surface area contributed by atoms with Gasteiger partial charge in [0.2, 0.25) is 0 Å². The summed E-state index contributed by atoms with van der Waals surface area (Å²) in [5, 5.41) is 21.7. The van der Waals surface area contributed by atoms with E-state index in [1.165, 1.54) is 0 Å². The number of hydrogen-bond acceptors (Lipinski definition) is 3. The number of carboxylic acids is 1. The lowest BCUT2D eigenvalue weighted by Gasteiger charge is -2.16. The Morgan fingerprint density at radius 1 is 1.39 bits per heavy atom. The monoisotopic (exact) mass is 249 g/mol. The first-order chi connectivity index (χ1) is 8.66. The molecule has 0 aliphatic heterocycles. The maximum Gasteiger partial charge on any atom is 0.306 e. The van der Waals surface area contributed by atoms with Crippen LogP contribution < -0.4 is 5.32 Å². The summed E-state index contributed by atoms with van der Waals surface area (Å²) in [6.45, 7) is 1.39. The van der Waals surface area contributed by atoms with Gasteiger partial charge in [-0.3, -0.25) is 4.79 Å². The van der Waals surface area contributed by atoms with Crippen molar-refractivity contribution < 1.29 is 15.0 Å². The Morgan fingerprint density at radius 3 is 2.94 bits per heavy atom. The van der Waals surface area contributed by atoms with Crippen LogP contribution in [0.25, 0.3) is 0 Å². The van der Waals surface area contributed by atoms with Crippen molar-refractivity contribution in [3.63, 3.8) is 0 Å². The Kier molecular flexibility index (Phi) is 4.20. The van der Waals surface area contributed by atoms with Crippen LogP contribution in [0.5, 0.6) is 5.75 Å². The fourth-order valence-electron chi connectivity index (χ4n) is 2.67. The predicted molar refractivity (Wildman–Crippen MR) is 68.3 cm³/mol. The van der Waals surface area contributed by atoms with E-state index in [2.05, 4.69) is 5.32 Å². The van der Waals surface area contributed by atoms with Gasteiger partial charge < -0.3 is 15.5 Å². The van der Waals surface area contributed by atoms with Crippen LogP contribution in [-0.4, -0.2) is 22.7 Å². The fourth-order valence-corrected chi connectivity index (χ4v) is 2.67. The Labute approximate surface area is 107 Å². The molecule has 1 aromatic rings. The molecule has 0 bridgehead atoms. The van der Waals surface area contributed by atoms with Crippen LogP contribution in [0.1, 0.15) is 24.8 Å². The van der Waals surface area contributed by atoms with E-state index in [0.717, 1.165) is 31.4 Å². The molecule has 18 heavy (non-hydrogen) atoms. The summed E-state index contributed by atoms with van der Waals surface area (Å²) in [7, 11) is 0. The van der Waals surface area contributed by atoms with Crippen LogP contribution in [-0.2, 0) is 11.3 Å². The topological polar surface area (TPSA) is 69.6 Å². The zero-order valence-corrected chi connectivity index (χ0v) is 10.3. The number of hydrogen-bond donors (Lipinski definition) is 3. The Morgan fingerprint density at radius 2 is 2.22 bits per heavy atom. The molecule has 3 N–H and O–H groups in total. The number of carboxylic acid groups (broad SMARTS) is 1. The van der Waals surface area contributed by atoms with Crippen molar-refractivity contribution in [2.24, 2.45) is 11.8 Å². The molecule has 2 atom stereocenters. The lowest BCUT2D eigenvalue weighted by molar-refractivity contribution is -0.142. The number of nitrogens with one attached hydrogen (secondary N) is 1. The first-order valence-electron chi connectivity index (χ1n) is 6.38. The lowest BCUT2D eigenvalue weighted by Crippen LogP contribution is -2.28. The number of carbonyl (C=O) groups is 1. The highest BCUT2D eigenvalue weighted by molar-refractivity contribution is 5.70. The van der Waals surface area contributed by atoms with Gasteiger partial charge in [-0.2, -0.15) is 0 Å². The minimum Gasteiger partial charge on any atom is -0.508 e. The van der Waals surface area contributed by atoms with Gasteiger partial charge in [0.05, 0.1) is 5.92 Å². The first-order valence-corrected chi connectivity index (χ1v) is 6.38. The van der Waals surface area contributed by atoms with Gasteiger partial charge in [-0.15, -0.1) is 0 Å². The van der Waals surface area contributed by atoms with Gasteiger partial charge in [-0.1, -0.05) is 18.6 Å². The Hall–Kier alpha value is -1.55. The largest absolute Gasteiger partial charge is 0.508 e. The van der Waals surface area contributed by atoms with Gasteiger partial charge in [-0.25, -0.2) is 0 Å². The summed E-state index contributed by atoms with van der Waals surface area (Å²) >= 11 is 0. The molecule has 1 saturated carbocycles. The minimum absolute atomic E-state index is 0.193. The van der Waals surface area contributed by atoms with E-state index in [-0.39, 0.29) is 17.6 Å². The Balaban J connectivity index is 1.80. The molecule has 1 aliphatic rings. The molecule has 0 radical (unpaired) electrons. The molecule has 1 fully saturated rings. The van der Waals surface area contributed by atoms with Crippen LogP contribution in [0.3, 0.4) is 0 Å². The van der Waals surface area contributed by atoms with E-state index < -0.39 is 5.97 Å². The molecule has 98 valence electrons. The maximum absolute atomic E-state index is 11.0. The van der Waals surface area contributed by atoms with Crippen molar-refractivity contribution in [2.45, 2.75) is 25.8 Å². The van der Waals surface area contributed by atoms with Crippen LogP contribution >= 0.6 is 0 Å². The van der Waals surface area contributed by atoms with Gasteiger partial charge in [0.25, 0.3) is 0 Å². The zero-order valence-electron chi connectivity index (χ0n) is 10.3. The quantitative estimate of drug-likeness (QED) is 0.746. The third kappa shape index (κ3) is 3.23. The molecule has 0 saturated heterocycles. The molecular weight excluding hydrogens is 230 g/mol.